The van der Waals surface area contributed by atoms with Gasteiger partial charge in [-0.2, -0.15) is 0 Å². The lowest BCUT2D eigenvalue weighted by Crippen LogP contribution is -2.50. The molecule has 40 heavy (non-hydrogen) atoms. The molecular weight excluding hydrogens is 513 g/mol. The summed E-state index contributed by atoms with van der Waals surface area (Å²) in [7, 11) is 1.59. The second-order valence-electron chi connectivity index (χ2n) is 9.21. The van der Waals surface area contributed by atoms with E-state index in [9.17, 15) is 18.8 Å². The highest BCUT2D eigenvalue weighted by atomic mass is 19.1. The Morgan fingerprint density at radius 3 is 2.23 bits per heavy atom. The van der Waals surface area contributed by atoms with E-state index in [4.69, 9.17) is 4.74 Å². The van der Waals surface area contributed by atoms with Crippen LogP contribution in [0.5, 0.6) is 5.75 Å². The molecule has 0 bridgehead atoms. The molecule has 4 amide bonds. The number of urea groups is 1. The van der Waals surface area contributed by atoms with Crippen molar-refractivity contribution in [3.63, 3.8) is 0 Å². The Bertz CT molecular complexity index is 1340. The normalized spacial score (nSPS) is 12.8. The van der Waals surface area contributed by atoms with Crippen LogP contribution < -0.4 is 20.3 Å². The molecule has 1 aliphatic heterocycles. The molecule has 0 atom stereocenters. The fourth-order valence-electron chi connectivity index (χ4n) is 4.35. The lowest BCUT2D eigenvalue weighted by atomic mass is 10.2. The number of anilines is 3. The van der Waals surface area contributed by atoms with Crippen molar-refractivity contribution < 1.29 is 23.5 Å². The maximum atomic E-state index is 13.6. The fraction of sp³-hybridized carbons (Fsp3) is 0.233. The Balaban J connectivity index is 1.27. The second-order valence-corrected chi connectivity index (χ2v) is 9.21. The van der Waals surface area contributed by atoms with Crippen LogP contribution in [0.2, 0.25) is 0 Å². The van der Waals surface area contributed by atoms with Gasteiger partial charge in [0.1, 0.15) is 18.1 Å². The Kier molecular flexibility index (Phi) is 9.35. The molecule has 3 aromatic carbocycles. The summed E-state index contributed by atoms with van der Waals surface area (Å²) in [6.45, 7) is 6.06. The largest absolute Gasteiger partial charge is 0.497 e. The average molecular weight is 546 g/mol. The van der Waals surface area contributed by atoms with Gasteiger partial charge >= 0.3 is 6.03 Å². The summed E-state index contributed by atoms with van der Waals surface area (Å²) in [6.07, 6.45) is 1.52. The first-order valence-electron chi connectivity index (χ1n) is 12.9. The third-order valence-corrected chi connectivity index (χ3v) is 6.47. The molecule has 10 heteroatoms. The molecule has 9 nitrogen and oxygen atoms in total. The minimum absolute atomic E-state index is 0.145. The molecule has 3 aromatic rings. The fourth-order valence-corrected chi connectivity index (χ4v) is 4.35. The molecule has 208 valence electrons. The predicted molar refractivity (Wildman–Crippen MR) is 153 cm³/mol. The van der Waals surface area contributed by atoms with Crippen LogP contribution in [0.3, 0.4) is 0 Å². The van der Waals surface area contributed by atoms with E-state index in [2.05, 4.69) is 22.1 Å². The zero-order valence-corrected chi connectivity index (χ0v) is 22.3. The molecule has 1 heterocycles. The number of hydrogen-bond donors (Lipinski definition) is 2. The van der Waals surface area contributed by atoms with E-state index >= 15 is 0 Å². The van der Waals surface area contributed by atoms with Gasteiger partial charge in [0.2, 0.25) is 5.91 Å². The minimum atomic E-state index is -0.521. The number of halogens is 1. The molecular formula is C30H32FN5O4. The summed E-state index contributed by atoms with van der Waals surface area (Å²) in [5.74, 6) is -0.632. The van der Waals surface area contributed by atoms with Gasteiger partial charge in [0.15, 0.2) is 0 Å². The van der Waals surface area contributed by atoms with Gasteiger partial charge in [0.05, 0.1) is 7.11 Å². The second kappa shape index (κ2) is 13.3. The van der Waals surface area contributed by atoms with E-state index in [1.54, 1.807) is 48.4 Å². The lowest BCUT2D eigenvalue weighted by Gasteiger charge is -2.36. The van der Waals surface area contributed by atoms with Gasteiger partial charge in [0, 0.05) is 55.3 Å². The lowest BCUT2D eigenvalue weighted by molar-refractivity contribution is -0.116. The number of amides is 4. The van der Waals surface area contributed by atoms with E-state index in [-0.39, 0.29) is 30.6 Å². The number of rotatable bonds is 9. The van der Waals surface area contributed by atoms with Crippen LogP contribution in [0, 0.1) is 5.82 Å². The number of nitrogens with one attached hydrogen (secondary N) is 2. The average Bonchev–Trinajstić information content (AvgIpc) is 2.97. The van der Waals surface area contributed by atoms with Gasteiger partial charge in [-0.1, -0.05) is 12.1 Å². The molecule has 4 rings (SSSR count). The van der Waals surface area contributed by atoms with Gasteiger partial charge in [0.25, 0.3) is 5.91 Å². The van der Waals surface area contributed by atoms with Gasteiger partial charge < -0.3 is 30.1 Å². The van der Waals surface area contributed by atoms with Crippen LogP contribution >= 0.6 is 0 Å². The molecule has 0 unspecified atom stereocenters. The van der Waals surface area contributed by atoms with Crippen molar-refractivity contribution in [1.82, 2.24) is 9.80 Å². The topological polar surface area (TPSA) is 94.2 Å². The molecule has 0 radical (unpaired) electrons. The van der Waals surface area contributed by atoms with Gasteiger partial charge in [-0.05, 0) is 66.7 Å². The SMILES string of the molecule is C=CCN(CC(=O)Nc1ccc(N2CCN(C(=O)Nc3ccc(OC)cc3)CC2)cc1)C(=O)c1cccc(F)c1. The van der Waals surface area contributed by atoms with Crippen molar-refractivity contribution in [1.29, 1.82) is 0 Å². The first-order valence-corrected chi connectivity index (χ1v) is 12.9. The molecule has 0 spiro atoms. The zero-order chi connectivity index (χ0) is 28.5. The smallest absolute Gasteiger partial charge is 0.321 e. The van der Waals surface area contributed by atoms with Crippen LogP contribution in [0.1, 0.15) is 10.4 Å². The molecule has 0 saturated carbocycles. The van der Waals surface area contributed by atoms with Crippen LogP contribution in [0.4, 0.5) is 26.2 Å². The van der Waals surface area contributed by atoms with Crippen molar-refractivity contribution in [3.05, 3.63) is 96.8 Å². The maximum absolute atomic E-state index is 13.6. The number of hydrogen-bond acceptors (Lipinski definition) is 5. The summed E-state index contributed by atoms with van der Waals surface area (Å²) in [5, 5.41) is 5.71. The van der Waals surface area contributed by atoms with Crippen molar-refractivity contribution in [3.8, 4) is 5.75 Å². The maximum Gasteiger partial charge on any atom is 0.321 e. The zero-order valence-electron chi connectivity index (χ0n) is 22.3. The quantitative estimate of drug-likeness (QED) is 0.388. The number of piperazine rings is 1. The summed E-state index contributed by atoms with van der Waals surface area (Å²) in [5.41, 5.74) is 2.43. The predicted octanol–water partition coefficient (Wildman–Crippen LogP) is 4.46. The first kappa shape index (κ1) is 28.2. The Labute approximate surface area is 232 Å². The summed E-state index contributed by atoms with van der Waals surface area (Å²) in [6, 6.07) is 19.8. The molecule has 0 aliphatic carbocycles. The third kappa shape index (κ3) is 7.37. The van der Waals surface area contributed by atoms with Crippen LogP contribution in [-0.2, 0) is 4.79 Å². The first-order chi connectivity index (χ1) is 19.4. The number of methoxy groups -OCH3 is 1. The van der Waals surface area contributed by atoms with Crippen molar-refractivity contribution in [2.45, 2.75) is 0 Å². The van der Waals surface area contributed by atoms with E-state index in [0.29, 0.717) is 37.6 Å². The standard InChI is InChI=1S/C30H32FN5O4/c1-3-15-36(29(38)22-5-4-6-23(31)20-22)21-28(37)32-24-7-11-26(12-8-24)34-16-18-35(19-17-34)30(39)33-25-9-13-27(40-2)14-10-25/h3-14,20H,1,15-19,21H2,2H3,(H,32,37)(H,33,39). The minimum Gasteiger partial charge on any atom is -0.497 e. The highest BCUT2D eigenvalue weighted by molar-refractivity contribution is 5.99. The third-order valence-electron chi connectivity index (χ3n) is 6.47. The monoisotopic (exact) mass is 545 g/mol. The van der Waals surface area contributed by atoms with E-state index in [1.165, 1.54) is 29.2 Å². The Morgan fingerprint density at radius 2 is 1.60 bits per heavy atom. The molecule has 2 N–H and O–H groups in total. The highest BCUT2D eigenvalue weighted by Gasteiger charge is 2.22. The molecule has 1 saturated heterocycles. The van der Waals surface area contributed by atoms with E-state index in [1.807, 2.05) is 12.1 Å². The van der Waals surface area contributed by atoms with Crippen molar-refractivity contribution >= 4 is 34.9 Å². The van der Waals surface area contributed by atoms with Crippen LogP contribution in [0.25, 0.3) is 0 Å². The summed E-state index contributed by atoms with van der Waals surface area (Å²) in [4.78, 5) is 43.3. The van der Waals surface area contributed by atoms with Gasteiger partial charge in [-0.25, -0.2) is 9.18 Å². The highest BCUT2D eigenvalue weighted by Crippen LogP contribution is 2.21. The number of nitrogens with zero attached hydrogens (tertiary/aromatic N) is 3. The van der Waals surface area contributed by atoms with Crippen molar-refractivity contribution in [2.75, 3.05) is 61.9 Å². The molecule has 1 fully saturated rings. The van der Waals surface area contributed by atoms with E-state index in [0.717, 1.165) is 17.5 Å². The summed E-state index contributed by atoms with van der Waals surface area (Å²) < 4.78 is 18.7. The molecule has 0 aromatic heterocycles. The van der Waals surface area contributed by atoms with Crippen LogP contribution in [0.15, 0.2) is 85.5 Å². The van der Waals surface area contributed by atoms with Crippen molar-refractivity contribution in [2.24, 2.45) is 0 Å². The Hall–Kier alpha value is -4.86. The van der Waals surface area contributed by atoms with Gasteiger partial charge in [-0.3, -0.25) is 9.59 Å². The number of benzene rings is 3. The van der Waals surface area contributed by atoms with Crippen LogP contribution in [-0.4, -0.2) is 74.0 Å². The summed E-state index contributed by atoms with van der Waals surface area (Å²) >= 11 is 0. The number of carbonyl (C=O) groups excluding carboxylic acids is 3. The number of carbonyl (C=O) groups is 3. The van der Waals surface area contributed by atoms with Gasteiger partial charge in [-0.15, -0.1) is 6.58 Å². The van der Waals surface area contributed by atoms with E-state index < -0.39 is 11.7 Å². The Morgan fingerprint density at radius 1 is 0.950 bits per heavy atom. The number of ether oxygens (including phenoxy) is 1. The molecule has 1 aliphatic rings.